The topological polar surface area (TPSA) is 108 Å². The van der Waals surface area contributed by atoms with Gasteiger partial charge in [-0.25, -0.2) is 0 Å². The number of carbonyl (C=O) groups is 1. The number of hydrogen-bond acceptors (Lipinski definition) is 5. The Bertz CT molecular complexity index is 965. The van der Waals surface area contributed by atoms with Crippen molar-refractivity contribution in [3.63, 3.8) is 0 Å². The van der Waals surface area contributed by atoms with Gasteiger partial charge in [0.25, 0.3) is 5.69 Å². The molecule has 1 aliphatic rings. The van der Waals surface area contributed by atoms with Crippen LogP contribution in [0.1, 0.15) is 48.8 Å². The van der Waals surface area contributed by atoms with E-state index in [4.69, 9.17) is 5.26 Å². The number of nitro benzene ring substituents is 1. The number of nitrogens with one attached hydrogen (secondary N) is 2. The van der Waals surface area contributed by atoms with Crippen LogP contribution in [0.25, 0.3) is 0 Å². The quantitative estimate of drug-likeness (QED) is 0.422. The van der Waals surface area contributed by atoms with Crippen molar-refractivity contribution >= 4 is 17.3 Å². The zero-order valence-corrected chi connectivity index (χ0v) is 16.5. The van der Waals surface area contributed by atoms with Crippen LogP contribution in [-0.4, -0.2) is 23.9 Å². The summed E-state index contributed by atoms with van der Waals surface area (Å²) in [4.78, 5) is 23.6. The van der Waals surface area contributed by atoms with E-state index in [1.54, 1.807) is 6.07 Å². The molecule has 2 atom stereocenters. The minimum atomic E-state index is -0.372. The van der Waals surface area contributed by atoms with Crippen molar-refractivity contribution in [1.82, 2.24) is 5.32 Å². The summed E-state index contributed by atoms with van der Waals surface area (Å²) in [5.41, 5.74) is 3.44. The molecule has 0 saturated heterocycles. The van der Waals surface area contributed by atoms with Gasteiger partial charge in [0.05, 0.1) is 16.9 Å². The maximum absolute atomic E-state index is 12.6. The van der Waals surface area contributed by atoms with Gasteiger partial charge in [-0.1, -0.05) is 50.2 Å². The molecule has 2 aromatic rings. The predicted octanol–water partition coefficient (Wildman–Crippen LogP) is 3.92. The lowest BCUT2D eigenvalue weighted by Gasteiger charge is -2.20. The third kappa shape index (κ3) is 4.37. The van der Waals surface area contributed by atoms with Crippen molar-refractivity contribution in [1.29, 1.82) is 5.26 Å². The summed E-state index contributed by atoms with van der Waals surface area (Å²) in [5, 5.41) is 25.9. The third-order valence-electron chi connectivity index (χ3n) is 5.21. The monoisotopic (exact) mass is 392 g/mol. The smallest absolute Gasteiger partial charge is 0.292 e. The Kier molecular flexibility index (Phi) is 6.13. The molecule has 0 radical (unpaired) electrons. The second-order valence-corrected chi connectivity index (χ2v) is 7.66. The molecule has 0 fully saturated rings. The number of benzene rings is 2. The Morgan fingerprint density at radius 1 is 1.34 bits per heavy atom. The maximum Gasteiger partial charge on any atom is 0.292 e. The highest BCUT2D eigenvalue weighted by Gasteiger charge is 2.30. The van der Waals surface area contributed by atoms with Gasteiger partial charge in [0.2, 0.25) is 5.91 Å². The molecule has 0 saturated carbocycles. The lowest BCUT2D eigenvalue weighted by Crippen LogP contribution is -2.30. The average Bonchev–Trinajstić information content (AvgIpc) is 3.14. The van der Waals surface area contributed by atoms with Gasteiger partial charge in [-0.2, -0.15) is 5.26 Å². The first-order chi connectivity index (χ1) is 13.9. The fourth-order valence-electron chi connectivity index (χ4n) is 3.91. The van der Waals surface area contributed by atoms with Crippen molar-refractivity contribution in [2.75, 3.05) is 18.4 Å². The van der Waals surface area contributed by atoms with Crippen molar-refractivity contribution in [3.05, 3.63) is 69.3 Å². The predicted molar refractivity (Wildman–Crippen MR) is 111 cm³/mol. The summed E-state index contributed by atoms with van der Waals surface area (Å²) < 4.78 is 0. The SMILES string of the molecule is CC(C)CC(C(=O)NCC#N)c1cccc(C2CNc3c2cccc3[N+](=O)[O-])c1. The van der Waals surface area contributed by atoms with E-state index in [2.05, 4.69) is 24.5 Å². The molecule has 2 unspecified atom stereocenters. The van der Waals surface area contributed by atoms with E-state index in [1.807, 2.05) is 36.4 Å². The third-order valence-corrected chi connectivity index (χ3v) is 5.21. The highest BCUT2D eigenvalue weighted by Crippen LogP contribution is 2.41. The van der Waals surface area contributed by atoms with Gasteiger partial charge in [0, 0.05) is 18.5 Å². The molecular formula is C22H24N4O3. The van der Waals surface area contributed by atoms with Gasteiger partial charge < -0.3 is 10.6 Å². The fourth-order valence-corrected chi connectivity index (χ4v) is 3.91. The van der Waals surface area contributed by atoms with Crippen LogP contribution in [0.5, 0.6) is 0 Å². The zero-order valence-electron chi connectivity index (χ0n) is 16.5. The maximum atomic E-state index is 12.6. The number of amides is 1. The summed E-state index contributed by atoms with van der Waals surface area (Å²) in [5.74, 6) is -0.208. The van der Waals surface area contributed by atoms with E-state index >= 15 is 0 Å². The number of nitriles is 1. The van der Waals surface area contributed by atoms with Gasteiger partial charge in [0.15, 0.2) is 0 Å². The lowest BCUT2D eigenvalue weighted by atomic mass is 9.85. The minimum Gasteiger partial charge on any atom is -0.378 e. The van der Waals surface area contributed by atoms with Crippen molar-refractivity contribution in [2.45, 2.75) is 32.1 Å². The molecule has 1 amide bonds. The molecule has 7 heteroatoms. The fraction of sp³-hybridized carbons (Fsp3) is 0.364. The van der Waals surface area contributed by atoms with E-state index < -0.39 is 0 Å². The van der Waals surface area contributed by atoms with E-state index in [9.17, 15) is 14.9 Å². The molecule has 2 aromatic carbocycles. The zero-order chi connectivity index (χ0) is 21.0. The number of rotatable bonds is 7. The lowest BCUT2D eigenvalue weighted by molar-refractivity contribution is -0.383. The normalized spacial score (nSPS) is 15.9. The molecule has 0 bridgehead atoms. The average molecular weight is 392 g/mol. The highest BCUT2D eigenvalue weighted by atomic mass is 16.6. The summed E-state index contributed by atoms with van der Waals surface area (Å²) >= 11 is 0. The second-order valence-electron chi connectivity index (χ2n) is 7.66. The number of para-hydroxylation sites is 1. The molecule has 3 rings (SSSR count). The summed E-state index contributed by atoms with van der Waals surface area (Å²) in [7, 11) is 0. The first-order valence-electron chi connectivity index (χ1n) is 9.68. The van der Waals surface area contributed by atoms with Crippen molar-refractivity contribution in [3.8, 4) is 6.07 Å². The van der Waals surface area contributed by atoms with E-state index in [0.29, 0.717) is 24.6 Å². The number of anilines is 1. The van der Waals surface area contributed by atoms with E-state index in [1.165, 1.54) is 6.07 Å². The van der Waals surface area contributed by atoms with Gasteiger partial charge in [-0.15, -0.1) is 0 Å². The van der Waals surface area contributed by atoms with Crippen LogP contribution in [0.4, 0.5) is 11.4 Å². The summed E-state index contributed by atoms with van der Waals surface area (Å²) in [6.45, 7) is 4.67. The minimum absolute atomic E-state index is 0.0172. The van der Waals surface area contributed by atoms with Crippen LogP contribution in [0.15, 0.2) is 42.5 Å². The standard InChI is InChI=1S/C22H24N4O3/c1-14(2)11-18(22(27)24-10-9-23)15-5-3-6-16(12-15)19-13-25-21-17(19)7-4-8-20(21)26(28)29/h3-8,12,14,18-19,25H,10-11,13H2,1-2H3,(H,24,27). The van der Waals surface area contributed by atoms with Gasteiger partial charge >= 0.3 is 0 Å². The molecule has 1 heterocycles. The van der Waals surface area contributed by atoms with Crippen LogP contribution >= 0.6 is 0 Å². The number of nitrogens with zero attached hydrogens (tertiary/aromatic N) is 2. The van der Waals surface area contributed by atoms with Gasteiger partial charge in [-0.05, 0) is 29.0 Å². The first-order valence-corrected chi connectivity index (χ1v) is 9.68. The second kappa shape index (κ2) is 8.74. The van der Waals surface area contributed by atoms with Crippen molar-refractivity contribution in [2.24, 2.45) is 5.92 Å². The largest absolute Gasteiger partial charge is 0.378 e. The Hall–Kier alpha value is -3.40. The number of nitro groups is 1. The molecule has 0 aromatic heterocycles. The Balaban J connectivity index is 1.94. The molecule has 7 nitrogen and oxygen atoms in total. The molecular weight excluding hydrogens is 368 g/mol. The Morgan fingerprint density at radius 3 is 2.79 bits per heavy atom. The summed E-state index contributed by atoms with van der Waals surface area (Å²) in [6, 6.07) is 14.9. The molecule has 0 spiro atoms. The molecule has 2 N–H and O–H groups in total. The summed E-state index contributed by atoms with van der Waals surface area (Å²) in [6.07, 6.45) is 0.672. The molecule has 1 aliphatic heterocycles. The van der Waals surface area contributed by atoms with Crippen LogP contribution < -0.4 is 10.6 Å². The van der Waals surface area contributed by atoms with Crippen LogP contribution in [0.3, 0.4) is 0 Å². The van der Waals surface area contributed by atoms with E-state index in [-0.39, 0.29) is 34.9 Å². The van der Waals surface area contributed by atoms with Gasteiger partial charge in [0.1, 0.15) is 12.2 Å². The van der Waals surface area contributed by atoms with Gasteiger partial charge in [-0.3, -0.25) is 14.9 Å². The van der Waals surface area contributed by atoms with Crippen LogP contribution in [-0.2, 0) is 4.79 Å². The highest BCUT2D eigenvalue weighted by molar-refractivity contribution is 5.84. The Morgan fingerprint density at radius 2 is 2.10 bits per heavy atom. The van der Waals surface area contributed by atoms with E-state index in [0.717, 1.165) is 16.7 Å². The molecule has 0 aliphatic carbocycles. The number of hydrogen-bond donors (Lipinski definition) is 2. The van der Waals surface area contributed by atoms with Crippen LogP contribution in [0, 0.1) is 27.4 Å². The molecule has 29 heavy (non-hydrogen) atoms. The first kappa shape index (κ1) is 20.3. The number of carbonyl (C=O) groups excluding carboxylic acids is 1. The number of fused-ring (bicyclic) bond motifs is 1. The van der Waals surface area contributed by atoms with Crippen molar-refractivity contribution < 1.29 is 9.72 Å². The molecule has 150 valence electrons. The van der Waals surface area contributed by atoms with Crippen LogP contribution in [0.2, 0.25) is 0 Å². The Labute approximate surface area is 169 Å².